The van der Waals surface area contributed by atoms with Crippen molar-refractivity contribution in [3.05, 3.63) is 75.2 Å². The number of aromatic nitrogens is 3. The van der Waals surface area contributed by atoms with Gasteiger partial charge in [-0.3, -0.25) is 4.57 Å². The van der Waals surface area contributed by atoms with E-state index in [9.17, 15) is 27.9 Å². The summed E-state index contributed by atoms with van der Waals surface area (Å²) >= 11 is 6.33. The van der Waals surface area contributed by atoms with Gasteiger partial charge in [-0.2, -0.15) is 13.2 Å². The number of benzene rings is 2. The zero-order chi connectivity index (χ0) is 27.8. The minimum atomic E-state index is -5.12. The molecule has 4 aromatic rings. The number of alkyl halides is 3. The molecule has 2 aromatic heterocycles. The molecule has 0 aliphatic heterocycles. The molecule has 0 bridgehead atoms. The summed E-state index contributed by atoms with van der Waals surface area (Å²) in [6, 6.07) is 9.80. The molecule has 2 atom stereocenters. The number of methoxy groups -OCH3 is 1. The Kier molecular flexibility index (Phi) is 7.08. The molecular weight excluding hydrogens is 535 g/mol. The largest absolute Gasteiger partial charge is 0.514 e. The second kappa shape index (κ2) is 9.99. The van der Waals surface area contributed by atoms with Gasteiger partial charge in [-0.05, 0) is 35.4 Å². The van der Waals surface area contributed by atoms with Crippen LogP contribution < -0.4 is 15.2 Å². The van der Waals surface area contributed by atoms with Crippen LogP contribution in [0.25, 0.3) is 11.1 Å². The van der Waals surface area contributed by atoms with E-state index in [1.54, 1.807) is 0 Å². The van der Waals surface area contributed by atoms with Gasteiger partial charge in [0, 0.05) is 30.1 Å². The second-order valence-corrected chi connectivity index (χ2v) is 8.55. The topological polar surface area (TPSA) is 126 Å². The standard InChI is InChI=1S/C24H19ClF3N3O7/c1-12(23(34,24(26,27)28)13-4-7-18-17(10-13)31(2)21(32)37-18)15-6-5-14(11-16(15)25)36-19-8-9-20(30-29-19)38-22(33)35-3/h4-12,34H,1-3H3. The summed E-state index contributed by atoms with van der Waals surface area (Å²) in [6.45, 7) is 1.18. The number of aryl methyl sites for hydroxylation is 1. The Morgan fingerprint density at radius 1 is 1.11 bits per heavy atom. The van der Waals surface area contributed by atoms with Crippen LogP contribution in [-0.2, 0) is 17.4 Å². The lowest BCUT2D eigenvalue weighted by molar-refractivity contribution is -0.274. The first kappa shape index (κ1) is 26.9. The van der Waals surface area contributed by atoms with Gasteiger partial charge in [0.1, 0.15) is 5.75 Å². The van der Waals surface area contributed by atoms with E-state index in [0.717, 1.165) is 23.8 Å². The smallest absolute Gasteiger partial charge is 0.437 e. The van der Waals surface area contributed by atoms with E-state index in [2.05, 4.69) is 14.9 Å². The van der Waals surface area contributed by atoms with Crippen LogP contribution in [0, 0.1) is 0 Å². The highest BCUT2D eigenvalue weighted by Crippen LogP contribution is 2.50. The third-order valence-corrected chi connectivity index (χ3v) is 6.25. The third kappa shape index (κ3) is 4.89. The van der Waals surface area contributed by atoms with Crippen molar-refractivity contribution in [3.8, 4) is 17.5 Å². The van der Waals surface area contributed by atoms with E-state index in [1.165, 1.54) is 50.4 Å². The number of aliphatic hydroxyl groups is 1. The second-order valence-electron chi connectivity index (χ2n) is 8.15. The van der Waals surface area contributed by atoms with Gasteiger partial charge in [0.05, 0.1) is 12.6 Å². The molecule has 0 saturated carbocycles. The van der Waals surface area contributed by atoms with Crippen molar-refractivity contribution in [2.75, 3.05) is 7.11 Å². The minimum absolute atomic E-state index is 0.0204. The lowest BCUT2D eigenvalue weighted by Gasteiger charge is -2.37. The summed E-state index contributed by atoms with van der Waals surface area (Å²) in [5.41, 5.74) is -3.73. The molecule has 2 aromatic carbocycles. The number of nitrogens with zero attached hydrogens (tertiary/aromatic N) is 3. The van der Waals surface area contributed by atoms with Crippen molar-refractivity contribution >= 4 is 28.9 Å². The maximum Gasteiger partial charge on any atom is 0.514 e. The SMILES string of the molecule is COC(=O)Oc1ccc(Oc2ccc(C(C)C(O)(c3ccc4oc(=O)n(C)c4c3)C(F)(F)F)c(Cl)c2)nn1. The Hall–Kier alpha value is -4.10. The van der Waals surface area contributed by atoms with E-state index in [0.29, 0.717) is 0 Å². The number of oxazole rings is 1. The van der Waals surface area contributed by atoms with Gasteiger partial charge < -0.3 is 23.7 Å². The Bertz CT molecular complexity index is 1550. The Morgan fingerprint density at radius 2 is 1.79 bits per heavy atom. The lowest BCUT2D eigenvalue weighted by atomic mass is 9.77. The maximum atomic E-state index is 14.4. The molecule has 1 N–H and O–H groups in total. The predicted octanol–water partition coefficient (Wildman–Crippen LogP) is 5.07. The highest BCUT2D eigenvalue weighted by Gasteiger charge is 2.59. The number of ether oxygens (including phenoxy) is 3. The van der Waals surface area contributed by atoms with Crippen LogP contribution in [0.4, 0.5) is 18.0 Å². The van der Waals surface area contributed by atoms with Crippen LogP contribution in [0.5, 0.6) is 17.5 Å². The number of carbonyl (C=O) groups is 1. The van der Waals surface area contributed by atoms with E-state index >= 15 is 0 Å². The molecule has 0 radical (unpaired) electrons. The van der Waals surface area contributed by atoms with Gasteiger partial charge >= 0.3 is 18.1 Å². The average molecular weight is 554 g/mol. The van der Waals surface area contributed by atoms with E-state index in [4.69, 9.17) is 25.5 Å². The number of rotatable bonds is 6. The molecule has 0 aliphatic rings. The molecule has 10 nitrogen and oxygen atoms in total. The highest BCUT2D eigenvalue weighted by atomic mass is 35.5. The molecule has 200 valence electrons. The highest BCUT2D eigenvalue weighted by molar-refractivity contribution is 6.31. The van der Waals surface area contributed by atoms with E-state index in [-0.39, 0.29) is 39.2 Å². The van der Waals surface area contributed by atoms with Gasteiger partial charge in [-0.25, -0.2) is 9.59 Å². The summed E-state index contributed by atoms with van der Waals surface area (Å²) < 4.78 is 63.8. The normalized spacial score (nSPS) is 14.1. The zero-order valence-corrected chi connectivity index (χ0v) is 20.7. The monoisotopic (exact) mass is 553 g/mol. The maximum absolute atomic E-state index is 14.4. The molecule has 14 heteroatoms. The molecule has 2 unspecified atom stereocenters. The number of hydrogen-bond donors (Lipinski definition) is 1. The molecule has 0 aliphatic carbocycles. The van der Waals surface area contributed by atoms with Crippen molar-refractivity contribution in [2.24, 2.45) is 7.05 Å². The van der Waals surface area contributed by atoms with Crippen LogP contribution in [0.3, 0.4) is 0 Å². The van der Waals surface area contributed by atoms with Crippen molar-refractivity contribution in [2.45, 2.75) is 24.6 Å². The summed E-state index contributed by atoms with van der Waals surface area (Å²) in [4.78, 5) is 22.9. The summed E-state index contributed by atoms with van der Waals surface area (Å²) in [6.07, 6.45) is -6.11. The Labute approximate surface area is 217 Å². The van der Waals surface area contributed by atoms with E-state index in [1.807, 2.05) is 0 Å². The minimum Gasteiger partial charge on any atom is -0.437 e. The first-order valence-electron chi connectivity index (χ1n) is 10.8. The molecular formula is C24H19ClF3N3O7. The molecule has 2 heterocycles. The predicted molar refractivity (Wildman–Crippen MR) is 126 cm³/mol. The van der Waals surface area contributed by atoms with Crippen molar-refractivity contribution < 1.29 is 41.7 Å². The van der Waals surface area contributed by atoms with Crippen LogP contribution in [0.15, 0.2) is 57.7 Å². The third-order valence-electron chi connectivity index (χ3n) is 5.92. The molecule has 0 fully saturated rings. The number of carbonyl (C=O) groups excluding carboxylic acids is 1. The average Bonchev–Trinajstić information content (AvgIpc) is 3.16. The Balaban J connectivity index is 1.64. The lowest BCUT2D eigenvalue weighted by Crippen LogP contribution is -2.46. The zero-order valence-electron chi connectivity index (χ0n) is 19.9. The van der Waals surface area contributed by atoms with Gasteiger partial charge in [-0.15, -0.1) is 10.2 Å². The number of hydrogen-bond acceptors (Lipinski definition) is 9. The molecule has 0 amide bonds. The summed E-state index contributed by atoms with van der Waals surface area (Å²) in [5, 5.41) is 18.4. The van der Waals surface area contributed by atoms with Crippen LogP contribution >= 0.6 is 11.6 Å². The molecule has 0 saturated heterocycles. The van der Waals surface area contributed by atoms with Crippen LogP contribution in [-0.4, -0.2) is 39.3 Å². The fraction of sp³-hybridized carbons (Fsp3) is 0.250. The van der Waals surface area contributed by atoms with Gasteiger partial charge in [-0.1, -0.05) is 30.7 Å². The van der Waals surface area contributed by atoms with Crippen molar-refractivity contribution in [3.63, 3.8) is 0 Å². The fourth-order valence-corrected chi connectivity index (χ4v) is 4.17. The number of fused-ring (bicyclic) bond motifs is 1. The molecule has 0 spiro atoms. The fourth-order valence-electron chi connectivity index (χ4n) is 3.83. The van der Waals surface area contributed by atoms with Crippen LogP contribution in [0.2, 0.25) is 5.02 Å². The van der Waals surface area contributed by atoms with Crippen LogP contribution in [0.1, 0.15) is 24.0 Å². The molecule has 38 heavy (non-hydrogen) atoms. The summed E-state index contributed by atoms with van der Waals surface area (Å²) in [7, 11) is 2.46. The first-order valence-corrected chi connectivity index (χ1v) is 11.2. The van der Waals surface area contributed by atoms with E-state index < -0.39 is 35.2 Å². The van der Waals surface area contributed by atoms with Gasteiger partial charge in [0.25, 0.3) is 0 Å². The van der Waals surface area contributed by atoms with Crippen molar-refractivity contribution in [1.29, 1.82) is 0 Å². The van der Waals surface area contributed by atoms with Gasteiger partial charge in [0.15, 0.2) is 11.2 Å². The summed E-state index contributed by atoms with van der Waals surface area (Å²) in [5.74, 6) is -2.39. The Morgan fingerprint density at radius 3 is 2.39 bits per heavy atom. The number of halogens is 4. The molecule has 4 rings (SSSR count). The first-order chi connectivity index (χ1) is 17.8. The van der Waals surface area contributed by atoms with Gasteiger partial charge in [0.2, 0.25) is 11.8 Å². The van der Waals surface area contributed by atoms with Crippen molar-refractivity contribution in [1.82, 2.24) is 14.8 Å². The quantitative estimate of drug-likeness (QED) is 0.326.